The van der Waals surface area contributed by atoms with Crippen LogP contribution in [0.2, 0.25) is 0 Å². The van der Waals surface area contributed by atoms with Crippen LogP contribution in [0, 0.1) is 0 Å². The van der Waals surface area contributed by atoms with Gasteiger partial charge in [0.25, 0.3) is 5.91 Å². The van der Waals surface area contributed by atoms with Crippen LogP contribution < -0.4 is 10.1 Å². The Morgan fingerprint density at radius 3 is 2.57 bits per heavy atom. The number of pyridine rings is 1. The molecule has 0 saturated heterocycles. The van der Waals surface area contributed by atoms with Crippen LogP contribution >= 0.6 is 12.6 Å². The first-order chi connectivity index (χ1) is 14.6. The van der Waals surface area contributed by atoms with Gasteiger partial charge in [-0.2, -0.15) is 12.6 Å². The molecule has 2 aromatic carbocycles. The maximum atomic E-state index is 12.9. The molecule has 0 unspecified atom stereocenters. The Hall–Kier alpha value is -3.32. The molecule has 7 heteroatoms. The van der Waals surface area contributed by atoms with Crippen LogP contribution in [0.25, 0.3) is 11.1 Å². The van der Waals surface area contributed by atoms with Gasteiger partial charge >= 0.3 is 5.97 Å². The van der Waals surface area contributed by atoms with E-state index in [1.54, 1.807) is 30.6 Å². The number of carbonyl (C=O) groups is 2. The number of thiol groups is 1. The quantitative estimate of drug-likeness (QED) is 0.456. The lowest BCUT2D eigenvalue weighted by Crippen LogP contribution is -2.41. The van der Waals surface area contributed by atoms with E-state index in [-0.39, 0.29) is 6.42 Å². The van der Waals surface area contributed by atoms with Crippen molar-refractivity contribution >= 4 is 24.5 Å². The highest BCUT2D eigenvalue weighted by atomic mass is 32.1. The highest BCUT2D eigenvalue weighted by Gasteiger charge is 2.22. The summed E-state index contributed by atoms with van der Waals surface area (Å²) >= 11 is 4.08. The van der Waals surface area contributed by atoms with Crippen molar-refractivity contribution in [1.82, 2.24) is 10.3 Å². The van der Waals surface area contributed by atoms with Gasteiger partial charge in [0.15, 0.2) is 0 Å². The van der Waals surface area contributed by atoms with Gasteiger partial charge in [-0.1, -0.05) is 36.4 Å². The second kappa shape index (κ2) is 10.5. The summed E-state index contributed by atoms with van der Waals surface area (Å²) in [6, 6.07) is 17.5. The molecule has 0 bridgehead atoms. The second-order valence-electron chi connectivity index (χ2n) is 6.60. The van der Waals surface area contributed by atoms with Gasteiger partial charge in [-0.3, -0.25) is 9.78 Å². The first kappa shape index (κ1) is 21.4. The number of ether oxygens (including phenoxy) is 1. The zero-order valence-electron chi connectivity index (χ0n) is 16.2. The highest BCUT2D eigenvalue weighted by molar-refractivity contribution is 7.80. The maximum absolute atomic E-state index is 12.9. The van der Waals surface area contributed by atoms with Crippen LogP contribution in [0.15, 0.2) is 73.1 Å². The van der Waals surface area contributed by atoms with Crippen molar-refractivity contribution in [3.8, 4) is 16.9 Å². The average Bonchev–Trinajstić information content (AvgIpc) is 2.78. The molecule has 0 spiro atoms. The summed E-state index contributed by atoms with van der Waals surface area (Å²) in [5.41, 5.74) is 2.83. The van der Waals surface area contributed by atoms with Crippen molar-refractivity contribution < 1.29 is 19.4 Å². The number of aromatic nitrogens is 1. The summed E-state index contributed by atoms with van der Waals surface area (Å²) in [7, 11) is 0. The fourth-order valence-corrected chi connectivity index (χ4v) is 3.22. The zero-order chi connectivity index (χ0) is 21.3. The topological polar surface area (TPSA) is 88.5 Å². The molecule has 0 aliphatic rings. The van der Waals surface area contributed by atoms with Crippen LogP contribution in [0.4, 0.5) is 0 Å². The van der Waals surface area contributed by atoms with Crippen molar-refractivity contribution in [2.75, 3.05) is 5.75 Å². The Bertz CT molecular complexity index is 997. The number of benzene rings is 2. The van der Waals surface area contributed by atoms with E-state index in [2.05, 4.69) is 22.9 Å². The lowest BCUT2D eigenvalue weighted by molar-refractivity contribution is -0.139. The number of rotatable bonds is 9. The maximum Gasteiger partial charge on any atom is 0.326 e. The largest absolute Gasteiger partial charge is 0.487 e. The molecule has 3 aromatic rings. The van der Waals surface area contributed by atoms with Gasteiger partial charge in [0.1, 0.15) is 18.4 Å². The van der Waals surface area contributed by atoms with Crippen molar-refractivity contribution in [2.45, 2.75) is 19.1 Å². The lowest BCUT2D eigenvalue weighted by atomic mass is 9.96. The van der Waals surface area contributed by atoms with Crippen molar-refractivity contribution in [3.05, 3.63) is 84.2 Å². The number of nitrogens with one attached hydrogen (secondary N) is 1. The standard InChI is InChI=1S/C23H22N2O4S/c26-22(25-21(10-12-30)23(27)28)19-9-8-16(15-29-18-7-4-11-24-14-18)13-20(19)17-5-2-1-3-6-17/h1-9,11,13-14,21,30H,10,12,15H2,(H,25,26)(H,27,28)/t21-/m1/s1. The van der Waals surface area contributed by atoms with E-state index in [1.807, 2.05) is 42.5 Å². The first-order valence-electron chi connectivity index (χ1n) is 9.44. The Morgan fingerprint density at radius 1 is 1.10 bits per heavy atom. The molecule has 1 heterocycles. The molecule has 1 atom stereocenters. The van der Waals surface area contributed by atoms with Crippen LogP contribution in [-0.2, 0) is 11.4 Å². The molecule has 30 heavy (non-hydrogen) atoms. The van der Waals surface area contributed by atoms with Gasteiger partial charge in [0, 0.05) is 11.8 Å². The summed E-state index contributed by atoms with van der Waals surface area (Å²) in [4.78, 5) is 28.3. The summed E-state index contributed by atoms with van der Waals surface area (Å²) in [5, 5.41) is 11.9. The molecule has 6 nitrogen and oxygen atoms in total. The van der Waals surface area contributed by atoms with Crippen LogP contribution in [0.1, 0.15) is 22.3 Å². The molecule has 1 aromatic heterocycles. The third kappa shape index (κ3) is 5.61. The predicted octanol–water partition coefficient (Wildman–Crippen LogP) is 3.83. The molecular formula is C23H22N2O4S. The number of carbonyl (C=O) groups excluding carboxylic acids is 1. The van der Waals surface area contributed by atoms with Crippen molar-refractivity contribution in [1.29, 1.82) is 0 Å². The number of carboxylic acid groups (broad SMARTS) is 1. The van der Waals surface area contributed by atoms with Crippen molar-refractivity contribution in [2.24, 2.45) is 0 Å². The Morgan fingerprint density at radius 2 is 1.90 bits per heavy atom. The number of aliphatic carboxylic acids is 1. The first-order valence-corrected chi connectivity index (χ1v) is 10.1. The zero-order valence-corrected chi connectivity index (χ0v) is 17.1. The molecule has 0 radical (unpaired) electrons. The number of hydrogen-bond acceptors (Lipinski definition) is 5. The van der Waals surface area contributed by atoms with E-state index in [4.69, 9.17) is 4.74 Å². The van der Waals surface area contributed by atoms with E-state index >= 15 is 0 Å². The van der Waals surface area contributed by atoms with Crippen molar-refractivity contribution in [3.63, 3.8) is 0 Å². The van der Waals surface area contributed by atoms with Gasteiger partial charge < -0.3 is 15.2 Å². The Labute approximate surface area is 180 Å². The molecule has 154 valence electrons. The van der Waals surface area contributed by atoms with E-state index in [0.29, 0.717) is 29.2 Å². The number of nitrogens with zero attached hydrogens (tertiary/aromatic N) is 1. The fraction of sp³-hybridized carbons (Fsp3) is 0.174. The molecule has 2 N–H and O–H groups in total. The molecule has 0 aliphatic heterocycles. The normalized spacial score (nSPS) is 11.5. The highest BCUT2D eigenvalue weighted by Crippen LogP contribution is 2.26. The average molecular weight is 423 g/mol. The van der Waals surface area contributed by atoms with Crippen LogP contribution in [0.5, 0.6) is 5.75 Å². The summed E-state index contributed by atoms with van der Waals surface area (Å²) in [6.45, 7) is 0.310. The van der Waals surface area contributed by atoms with Gasteiger partial charge in [-0.15, -0.1) is 0 Å². The van der Waals surface area contributed by atoms with E-state index in [9.17, 15) is 14.7 Å². The summed E-state index contributed by atoms with van der Waals surface area (Å²) < 4.78 is 5.76. The van der Waals surface area contributed by atoms with Gasteiger partial charge in [0.05, 0.1) is 6.20 Å². The van der Waals surface area contributed by atoms with Gasteiger partial charge in [0.2, 0.25) is 0 Å². The molecule has 0 aliphatic carbocycles. The molecule has 0 saturated carbocycles. The second-order valence-corrected chi connectivity index (χ2v) is 7.05. The third-order valence-electron chi connectivity index (χ3n) is 4.47. The number of carboxylic acids is 1. The monoisotopic (exact) mass is 422 g/mol. The number of hydrogen-bond donors (Lipinski definition) is 3. The lowest BCUT2D eigenvalue weighted by Gasteiger charge is -2.16. The minimum Gasteiger partial charge on any atom is -0.487 e. The Kier molecular flexibility index (Phi) is 7.45. The molecule has 1 amide bonds. The van der Waals surface area contributed by atoms with Gasteiger partial charge in [-0.05, 0) is 53.1 Å². The van der Waals surface area contributed by atoms with E-state index in [0.717, 1.165) is 11.1 Å². The molecule has 0 fully saturated rings. The minimum absolute atomic E-state index is 0.238. The van der Waals surface area contributed by atoms with E-state index < -0.39 is 17.9 Å². The van der Waals surface area contributed by atoms with Gasteiger partial charge in [-0.25, -0.2) is 4.79 Å². The van der Waals surface area contributed by atoms with Crippen LogP contribution in [-0.4, -0.2) is 33.8 Å². The molecular weight excluding hydrogens is 400 g/mol. The third-order valence-corrected chi connectivity index (χ3v) is 4.73. The summed E-state index contributed by atoms with van der Waals surface area (Å²) in [6.07, 6.45) is 3.54. The predicted molar refractivity (Wildman–Crippen MR) is 118 cm³/mol. The summed E-state index contributed by atoms with van der Waals surface area (Å²) in [5.74, 6) is -0.521. The number of amides is 1. The smallest absolute Gasteiger partial charge is 0.326 e. The SMILES string of the molecule is O=C(N[C@H](CCS)C(=O)O)c1ccc(COc2cccnc2)cc1-c1ccccc1. The van der Waals surface area contributed by atoms with Crippen LogP contribution in [0.3, 0.4) is 0 Å². The molecule has 3 rings (SSSR count). The fourth-order valence-electron chi connectivity index (χ4n) is 2.96. The minimum atomic E-state index is -1.08. The Balaban J connectivity index is 1.88. The van der Waals surface area contributed by atoms with E-state index in [1.165, 1.54) is 0 Å².